The van der Waals surface area contributed by atoms with E-state index in [2.05, 4.69) is 18.8 Å². The molecule has 2 heterocycles. The fourth-order valence-corrected chi connectivity index (χ4v) is 3.87. The Labute approximate surface area is 140 Å². The molecule has 2 aromatic rings. The van der Waals surface area contributed by atoms with Crippen LogP contribution in [0.5, 0.6) is 0 Å². The number of pyridine rings is 1. The second kappa shape index (κ2) is 7.81. The number of nitrogens with zero attached hydrogens (tertiary/aromatic N) is 3. The number of fused-ring (bicyclic) bond motifs is 1. The number of aryl methyl sites for hydroxylation is 2. The molecule has 2 aromatic heterocycles. The Morgan fingerprint density at radius 3 is 2.43 bits per heavy atom. The van der Waals surface area contributed by atoms with Gasteiger partial charge in [-0.15, -0.1) is 11.8 Å². The largest absolute Gasteiger partial charge is 0.332 e. The number of thioether (sulfide) groups is 1. The van der Waals surface area contributed by atoms with Crippen molar-refractivity contribution in [1.82, 2.24) is 14.1 Å². The van der Waals surface area contributed by atoms with Crippen molar-refractivity contribution in [3.8, 4) is 0 Å². The fourth-order valence-electron chi connectivity index (χ4n) is 2.57. The Morgan fingerprint density at radius 1 is 1.09 bits per heavy atom. The summed E-state index contributed by atoms with van der Waals surface area (Å²) in [5.74, 6) is 0.973. The third-order valence-corrected chi connectivity index (χ3v) is 5.29. The topological polar surface area (TPSA) is 56.9 Å². The van der Waals surface area contributed by atoms with Gasteiger partial charge >= 0.3 is 5.69 Å². The predicted octanol–water partition coefficient (Wildman–Crippen LogP) is 2.87. The van der Waals surface area contributed by atoms with Crippen LogP contribution in [0.1, 0.15) is 45.1 Å². The molecule has 0 fully saturated rings. The molecular formula is C17H25N3O2S. The Hall–Kier alpha value is -1.56. The normalized spacial score (nSPS) is 11.3. The van der Waals surface area contributed by atoms with Gasteiger partial charge in [0.2, 0.25) is 0 Å². The zero-order valence-corrected chi connectivity index (χ0v) is 15.2. The molecule has 0 spiro atoms. The molecular weight excluding hydrogens is 310 g/mol. The third-order valence-electron chi connectivity index (χ3n) is 4.04. The summed E-state index contributed by atoms with van der Waals surface area (Å²) in [5, 5.41) is 0.587. The van der Waals surface area contributed by atoms with Gasteiger partial charge in [-0.25, -0.2) is 9.78 Å². The maximum atomic E-state index is 12.7. The van der Waals surface area contributed by atoms with Crippen molar-refractivity contribution >= 4 is 22.8 Å². The van der Waals surface area contributed by atoms with Crippen molar-refractivity contribution in [2.24, 2.45) is 14.1 Å². The zero-order chi connectivity index (χ0) is 17.0. The number of unbranched alkanes of at least 4 members (excludes halogenated alkanes) is 2. The van der Waals surface area contributed by atoms with Crippen molar-refractivity contribution < 1.29 is 0 Å². The first-order valence-electron chi connectivity index (χ1n) is 8.23. The summed E-state index contributed by atoms with van der Waals surface area (Å²) in [6.07, 6.45) is 7.15. The standard InChI is InChI=1S/C17H25N3O2S/c1-5-7-9-12-11-18-15-13(14(12)23-10-8-6-2)16(21)20(4)17(22)19(15)3/h11H,5-10H2,1-4H3. The molecule has 126 valence electrons. The van der Waals surface area contributed by atoms with Crippen LogP contribution in [-0.2, 0) is 20.5 Å². The van der Waals surface area contributed by atoms with E-state index in [1.54, 1.807) is 18.8 Å². The van der Waals surface area contributed by atoms with Crippen molar-refractivity contribution in [2.45, 2.75) is 50.8 Å². The van der Waals surface area contributed by atoms with Crippen molar-refractivity contribution in [1.29, 1.82) is 0 Å². The summed E-state index contributed by atoms with van der Waals surface area (Å²) in [6.45, 7) is 4.31. The van der Waals surface area contributed by atoms with E-state index in [-0.39, 0.29) is 11.2 Å². The van der Waals surface area contributed by atoms with Crippen molar-refractivity contribution in [2.75, 3.05) is 5.75 Å². The highest BCUT2D eigenvalue weighted by Crippen LogP contribution is 2.29. The number of aromatic nitrogens is 3. The van der Waals surface area contributed by atoms with E-state index in [1.807, 2.05) is 6.20 Å². The van der Waals surface area contributed by atoms with Crippen molar-refractivity contribution in [3.63, 3.8) is 0 Å². The molecule has 0 aliphatic heterocycles. The van der Waals surface area contributed by atoms with Gasteiger partial charge in [0, 0.05) is 25.2 Å². The maximum absolute atomic E-state index is 12.7. The van der Waals surface area contributed by atoms with Crippen LogP contribution in [0.3, 0.4) is 0 Å². The number of hydrogen-bond acceptors (Lipinski definition) is 4. The Morgan fingerprint density at radius 2 is 1.78 bits per heavy atom. The van der Waals surface area contributed by atoms with E-state index < -0.39 is 0 Å². The summed E-state index contributed by atoms with van der Waals surface area (Å²) in [6, 6.07) is 0. The zero-order valence-electron chi connectivity index (χ0n) is 14.4. The molecule has 0 aliphatic rings. The van der Waals surface area contributed by atoms with Crippen LogP contribution in [0.2, 0.25) is 0 Å². The Kier molecular flexibility index (Phi) is 6.04. The van der Waals surface area contributed by atoms with Crippen LogP contribution < -0.4 is 11.2 Å². The SMILES string of the molecule is CCCCSc1c(CCCC)cnc2c1c(=O)n(C)c(=O)n2C. The van der Waals surface area contributed by atoms with Gasteiger partial charge in [-0.2, -0.15) is 0 Å². The summed E-state index contributed by atoms with van der Waals surface area (Å²) < 4.78 is 2.64. The first-order valence-corrected chi connectivity index (χ1v) is 9.21. The summed E-state index contributed by atoms with van der Waals surface area (Å²) in [5.41, 5.74) is 1.03. The molecule has 0 amide bonds. The van der Waals surface area contributed by atoms with Gasteiger partial charge < -0.3 is 0 Å². The molecule has 0 atom stereocenters. The lowest BCUT2D eigenvalue weighted by atomic mass is 10.1. The Bertz CT molecular complexity index is 808. The van der Waals surface area contributed by atoms with E-state index in [4.69, 9.17) is 0 Å². The second-order valence-electron chi connectivity index (χ2n) is 5.82. The van der Waals surface area contributed by atoms with Gasteiger partial charge in [0.15, 0.2) is 0 Å². The van der Waals surface area contributed by atoms with Gasteiger partial charge in [0.05, 0.1) is 5.39 Å². The average molecular weight is 335 g/mol. The average Bonchev–Trinajstić information content (AvgIpc) is 2.56. The highest BCUT2D eigenvalue weighted by Gasteiger charge is 2.17. The summed E-state index contributed by atoms with van der Waals surface area (Å²) in [4.78, 5) is 30.2. The van der Waals surface area contributed by atoms with E-state index in [0.29, 0.717) is 11.0 Å². The Balaban J connectivity index is 2.71. The smallest absolute Gasteiger partial charge is 0.280 e. The first kappa shape index (κ1) is 17.8. The highest BCUT2D eigenvalue weighted by molar-refractivity contribution is 7.99. The van der Waals surface area contributed by atoms with Gasteiger partial charge in [-0.05, 0) is 30.6 Å². The van der Waals surface area contributed by atoms with E-state index in [9.17, 15) is 9.59 Å². The van der Waals surface area contributed by atoms with Crippen LogP contribution in [0, 0.1) is 0 Å². The molecule has 0 unspecified atom stereocenters. The second-order valence-corrected chi connectivity index (χ2v) is 6.93. The van der Waals surface area contributed by atoms with Crippen LogP contribution in [-0.4, -0.2) is 19.9 Å². The van der Waals surface area contributed by atoms with Crippen LogP contribution in [0.4, 0.5) is 0 Å². The first-order chi connectivity index (χ1) is 11.0. The molecule has 0 radical (unpaired) electrons. The van der Waals surface area contributed by atoms with E-state index >= 15 is 0 Å². The van der Waals surface area contributed by atoms with E-state index in [0.717, 1.165) is 48.3 Å². The van der Waals surface area contributed by atoms with Crippen LogP contribution in [0.25, 0.3) is 11.0 Å². The lowest BCUT2D eigenvalue weighted by Gasteiger charge is -2.14. The molecule has 6 heteroatoms. The molecule has 0 bridgehead atoms. The minimum atomic E-state index is -0.333. The van der Waals surface area contributed by atoms with Gasteiger partial charge in [-0.1, -0.05) is 26.7 Å². The minimum absolute atomic E-state index is 0.243. The van der Waals surface area contributed by atoms with Crippen molar-refractivity contribution in [3.05, 3.63) is 32.6 Å². The predicted molar refractivity (Wildman–Crippen MR) is 96.5 cm³/mol. The molecule has 5 nitrogen and oxygen atoms in total. The van der Waals surface area contributed by atoms with Gasteiger partial charge in [0.25, 0.3) is 5.56 Å². The lowest BCUT2D eigenvalue weighted by Crippen LogP contribution is -2.37. The molecule has 0 N–H and O–H groups in total. The van der Waals surface area contributed by atoms with Gasteiger partial charge in [-0.3, -0.25) is 13.9 Å². The number of rotatable bonds is 7. The third kappa shape index (κ3) is 3.52. The maximum Gasteiger partial charge on any atom is 0.332 e. The lowest BCUT2D eigenvalue weighted by molar-refractivity contribution is 0.703. The monoisotopic (exact) mass is 335 g/mol. The highest BCUT2D eigenvalue weighted by atomic mass is 32.2. The summed E-state index contributed by atoms with van der Waals surface area (Å²) in [7, 11) is 3.20. The molecule has 0 aromatic carbocycles. The molecule has 0 saturated carbocycles. The quantitative estimate of drug-likeness (QED) is 0.577. The minimum Gasteiger partial charge on any atom is -0.280 e. The fraction of sp³-hybridized carbons (Fsp3) is 0.588. The van der Waals surface area contributed by atoms with E-state index in [1.165, 1.54) is 16.2 Å². The van der Waals surface area contributed by atoms with Crippen LogP contribution in [0.15, 0.2) is 20.7 Å². The molecule has 0 aliphatic carbocycles. The van der Waals surface area contributed by atoms with Crippen LogP contribution >= 0.6 is 11.8 Å². The van der Waals surface area contributed by atoms with Gasteiger partial charge in [0.1, 0.15) is 5.65 Å². The number of hydrogen-bond donors (Lipinski definition) is 0. The molecule has 2 rings (SSSR count). The summed E-state index contributed by atoms with van der Waals surface area (Å²) >= 11 is 1.72. The molecule has 0 saturated heterocycles. The molecule has 23 heavy (non-hydrogen) atoms.